The molecule has 2 aliphatic heterocycles. The molecule has 4 rings (SSSR count). The summed E-state index contributed by atoms with van der Waals surface area (Å²) in [5.74, 6) is 0.449. The molecular formula is C21H25ClFN5O2. The largest absolute Gasteiger partial charge is 0.381 e. The van der Waals surface area contributed by atoms with Gasteiger partial charge in [-0.2, -0.15) is 0 Å². The fourth-order valence-corrected chi connectivity index (χ4v) is 3.92. The number of carbonyl (C=O) groups is 1. The van der Waals surface area contributed by atoms with Crippen LogP contribution in [0.25, 0.3) is 11.3 Å². The van der Waals surface area contributed by atoms with Crippen molar-refractivity contribution in [3.8, 4) is 11.3 Å². The van der Waals surface area contributed by atoms with Gasteiger partial charge < -0.3 is 20.7 Å². The third-order valence-corrected chi connectivity index (χ3v) is 5.86. The Bertz CT molecular complexity index is 901. The number of amides is 1. The molecule has 2 aromatic heterocycles. The first-order valence-electron chi connectivity index (χ1n) is 10.3. The van der Waals surface area contributed by atoms with Crippen LogP contribution in [-0.4, -0.2) is 48.7 Å². The molecule has 0 spiro atoms. The van der Waals surface area contributed by atoms with Crippen LogP contribution in [-0.2, 0) is 9.53 Å². The van der Waals surface area contributed by atoms with Crippen LogP contribution in [0.15, 0.2) is 24.4 Å². The van der Waals surface area contributed by atoms with Crippen molar-refractivity contribution in [2.75, 3.05) is 43.5 Å². The summed E-state index contributed by atoms with van der Waals surface area (Å²) in [6.45, 7) is 3.60. The number of anilines is 2. The van der Waals surface area contributed by atoms with Crippen molar-refractivity contribution in [2.45, 2.75) is 19.3 Å². The summed E-state index contributed by atoms with van der Waals surface area (Å²) in [7, 11) is 0. The Hall–Kier alpha value is -2.29. The van der Waals surface area contributed by atoms with Gasteiger partial charge in [-0.25, -0.2) is 14.4 Å². The lowest BCUT2D eigenvalue weighted by molar-refractivity contribution is -0.119. The molecule has 1 amide bonds. The standard InChI is InChI=1S/C21H25ClFN5O2/c22-16-12-25-19(28-21(29)14-3-6-24-11-14)9-15(16)18-2-1-17(23)20(27-18)26-10-13-4-7-30-8-5-13/h1-2,9,12-14,24H,3-8,10-11H2,(H,26,27)(H,25,28,29)/t14-/m1/s1. The molecule has 7 nitrogen and oxygen atoms in total. The molecule has 160 valence electrons. The van der Waals surface area contributed by atoms with Crippen molar-refractivity contribution >= 4 is 29.1 Å². The van der Waals surface area contributed by atoms with Gasteiger partial charge in [0.15, 0.2) is 11.6 Å². The molecule has 2 fully saturated rings. The molecule has 0 bridgehead atoms. The number of hydrogen-bond donors (Lipinski definition) is 3. The van der Waals surface area contributed by atoms with Gasteiger partial charge in [-0.15, -0.1) is 0 Å². The van der Waals surface area contributed by atoms with Crippen molar-refractivity contribution in [3.05, 3.63) is 35.2 Å². The van der Waals surface area contributed by atoms with Gasteiger partial charge in [0.25, 0.3) is 0 Å². The molecule has 2 saturated heterocycles. The summed E-state index contributed by atoms with van der Waals surface area (Å²) in [5, 5.41) is 9.51. The topological polar surface area (TPSA) is 88.2 Å². The highest BCUT2D eigenvalue weighted by molar-refractivity contribution is 6.33. The Kier molecular flexibility index (Phi) is 6.76. The Morgan fingerprint density at radius 1 is 1.30 bits per heavy atom. The highest BCUT2D eigenvalue weighted by Crippen LogP contribution is 2.30. The van der Waals surface area contributed by atoms with Crippen LogP contribution in [0.2, 0.25) is 5.02 Å². The van der Waals surface area contributed by atoms with Crippen LogP contribution >= 0.6 is 11.6 Å². The van der Waals surface area contributed by atoms with Crippen molar-refractivity contribution in [1.29, 1.82) is 0 Å². The maximum absolute atomic E-state index is 14.3. The first-order valence-corrected chi connectivity index (χ1v) is 10.6. The SMILES string of the molecule is O=C(Nc1cc(-c2ccc(F)c(NCC3CCOCC3)n2)c(Cl)cn1)[C@@H]1CCNC1. The first kappa shape index (κ1) is 21.0. The molecule has 0 saturated carbocycles. The molecule has 0 aromatic carbocycles. The van der Waals surface area contributed by atoms with E-state index in [2.05, 4.69) is 25.9 Å². The van der Waals surface area contributed by atoms with Gasteiger partial charge in [0, 0.05) is 38.1 Å². The number of halogens is 2. The normalized spacial score (nSPS) is 19.6. The molecular weight excluding hydrogens is 409 g/mol. The zero-order valence-electron chi connectivity index (χ0n) is 16.6. The Labute approximate surface area is 179 Å². The van der Waals surface area contributed by atoms with E-state index in [1.807, 2.05) is 0 Å². The third kappa shape index (κ3) is 5.06. The summed E-state index contributed by atoms with van der Waals surface area (Å²) in [6, 6.07) is 4.61. The molecule has 0 aliphatic carbocycles. The number of ether oxygens (including phenoxy) is 1. The second kappa shape index (κ2) is 9.68. The lowest BCUT2D eigenvalue weighted by atomic mass is 10.0. The van der Waals surface area contributed by atoms with Gasteiger partial charge in [-0.3, -0.25) is 4.79 Å². The number of carbonyl (C=O) groups excluding carboxylic acids is 1. The molecule has 2 aliphatic rings. The minimum atomic E-state index is -0.418. The quantitative estimate of drug-likeness (QED) is 0.647. The van der Waals surface area contributed by atoms with E-state index >= 15 is 0 Å². The minimum absolute atomic E-state index is 0.0733. The number of pyridine rings is 2. The Morgan fingerprint density at radius 3 is 2.90 bits per heavy atom. The van der Waals surface area contributed by atoms with Crippen LogP contribution in [0.5, 0.6) is 0 Å². The molecule has 3 N–H and O–H groups in total. The third-order valence-electron chi connectivity index (χ3n) is 5.56. The number of rotatable bonds is 6. The predicted octanol–water partition coefficient (Wildman–Crippen LogP) is 3.32. The van der Waals surface area contributed by atoms with Crippen molar-refractivity contribution in [3.63, 3.8) is 0 Å². The molecule has 4 heterocycles. The zero-order valence-corrected chi connectivity index (χ0v) is 17.3. The summed E-state index contributed by atoms with van der Waals surface area (Å²) in [5.41, 5.74) is 1.09. The fraction of sp³-hybridized carbons (Fsp3) is 0.476. The summed E-state index contributed by atoms with van der Waals surface area (Å²) >= 11 is 6.33. The molecule has 2 aromatic rings. The summed E-state index contributed by atoms with van der Waals surface area (Å²) < 4.78 is 19.7. The minimum Gasteiger partial charge on any atom is -0.381 e. The van der Waals surface area contributed by atoms with E-state index in [9.17, 15) is 9.18 Å². The van der Waals surface area contributed by atoms with Gasteiger partial charge >= 0.3 is 0 Å². The second-order valence-electron chi connectivity index (χ2n) is 7.69. The number of nitrogens with one attached hydrogen (secondary N) is 3. The average Bonchev–Trinajstić information content (AvgIpc) is 3.30. The van der Waals surface area contributed by atoms with E-state index < -0.39 is 5.82 Å². The zero-order chi connectivity index (χ0) is 20.9. The van der Waals surface area contributed by atoms with Gasteiger partial charge in [0.1, 0.15) is 5.82 Å². The van der Waals surface area contributed by atoms with Crippen molar-refractivity contribution in [2.24, 2.45) is 11.8 Å². The lowest BCUT2D eigenvalue weighted by Gasteiger charge is -2.22. The van der Waals surface area contributed by atoms with Crippen LogP contribution < -0.4 is 16.0 Å². The van der Waals surface area contributed by atoms with Crippen LogP contribution in [0, 0.1) is 17.7 Å². The monoisotopic (exact) mass is 433 g/mol. The molecule has 30 heavy (non-hydrogen) atoms. The van der Waals surface area contributed by atoms with Crippen molar-refractivity contribution < 1.29 is 13.9 Å². The highest BCUT2D eigenvalue weighted by atomic mass is 35.5. The van der Waals surface area contributed by atoms with E-state index in [0.717, 1.165) is 39.0 Å². The smallest absolute Gasteiger partial charge is 0.229 e. The highest BCUT2D eigenvalue weighted by Gasteiger charge is 2.23. The number of nitrogens with zero attached hydrogens (tertiary/aromatic N) is 2. The molecule has 0 unspecified atom stereocenters. The molecule has 1 atom stereocenters. The second-order valence-corrected chi connectivity index (χ2v) is 8.10. The van der Waals surface area contributed by atoms with E-state index in [1.165, 1.54) is 12.3 Å². The van der Waals surface area contributed by atoms with Gasteiger partial charge in [0.05, 0.1) is 16.6 Å². The van der Waals surface area contributed by atoms with Gasteiger partial charge in [-0.1, -0.05) is 11.6 Å². The van der Waals surface area contributed by atoms with E-state index in [-0.39, 0.29) is 17.6 Å². The summed E-state index contributed by atoms with van der Waals surface area (Å²) in [6.07, 6.45) is 4.17. The van der Waals surface area contributed by atoms with Gasteiger partial charge in [0.2, 0.25) is 5.91 Å². The van der Waals surface area contributed by atoms with E-state index in [0.29, 0.717) is 41.1 Å². The summed E-state index contributed by atoms with van der Waals surface area (Å²) in [4.78, 5) is 21.0. The van der Waals surface area contributed by atoms with E-state index in [1.54, 1.807) is 12.1 Å². The lowest BCUT2D eigenvalue weighted by Crippen LogP contribution is -2.25. The Morgan fingerprint density at radius 2 is 2.13 bits per heavy atom. The number of hydrogen-bond acceptors (Lipinski definition) is 6. The van der Waals surface area contributed by atoms with Gasteiger partial charge in [-0.05, 0) is 49.9 Å². The maximum Gasteiger partial charge on any atom is 0.229 e. The van der Waals surface area contributed by atoms with Crippen molar-refractivity contribution in [1.82, 2.24) is 15.3 Å². The molecule has 0 radical (unpaired) electrons. The molecule has 9 heteroatoms. The van der Waals surface area contributed by atoms with E-state index in [4.69, 9.17) is 16.3 Å². The predicted molar refractivity (Wildman–Crippen MR) is 114 cm³/mol. The van der Waals surface area contributed by atoms with Crippen LogP contribution in [0.1, 0.15) is 19.3 Å². The average molecular weight is 434 g/mol. The van der Waals surface area contributed by atoms with Crippen LogP contribution in [0.4, 0.5) is 16.0 Å². The van der Waals surface area contributed by atoms with Crippen LogP contribution in [0.3, 0.4) is 0 Å². The first-order chi connectivity index (χ1) is 14.6. The maximum atomic E-state index is 14.3. The number of aromatic nitrogens is 2. The fourth-order valence-electron chi connectivity index (χ4n) is 3.72. The Balaban J connectivity index is 1.50.